The van der Waals surface area contributed by atoms with Crippen LogP contribution in [0.2, 0.25) is 10.0 Å². The van der Waals surface area contributed by atoms with Gasteiger partial charge in [0.25, 0.3) is 5.91 Å². The first-order chi connectivity index (χ1) is 9.63. The second-order valence-corrected chi connectivity index (χ2v) is 6.48. The fourth-order valence-corrected chi connectivity index (χ4v) is 2.82. The highest BCUT2D eigenvalue weighted by atomic mass is 35.5. The molecular formula is C15H17Cl2NO2. The molecule has 0 radical (unpaired) electrons. The molecule has 20 heavy (non-hydrogen) atoms. The highest BCUT2D eigenvalue weighted by Gasteiger charge is 2.42. The quantitative estimate of drug-likeness (QED) is 0.870. The first-order valence-corrected chi connectivity index (χ1v) is 7.76. The van der Waals surface area contributed by atoms with Crippen molar-refractivity contribution in [3.05, 3.63) is 28.2 Å². The highest BCUT2D eigenvalue weighted by molar-refractivity contribution is 6.34. The lowest BCUT2D eigenvalue weighted by Crippen LogP contribution is -2.40. The number of carbonyl (C=O) groups is 1. The number of benzene rings is 1. The van der Waals surface area contributed by atoms with Gasteiger partial charge in [0.1, 0.15) is 5.75 Å². The maximum atomic E-state index is 12.0. The van der Waals surface area contributed by atoms with Crippen LogP contribution in [0.4, 0.5) is 0 Å². The highest BCUT2D eigenvalue weighted by Crippen LogP contribution is 2.44. The van der Waals surface area contributed by atoms with Crippen LogP contribution in [0.15, 0.2) is 18.2 Å². The topological polar surface area (TPSA) is 38.3 Å². The molecule has 0 bridgehead atoms. The lowest BCUT2D eigenvalue weighted by molar-refractivity contribution is -0.124. The molecule has 0 spiro atoms. The summed E-state index contributed by atoms with van der Waals surface area (Å²) < 4.78 is 5.45. The number of nitrogens with one attached hydrogen (secondary N) is 1. The summed E-state index contributed by atoms with van der Waals surface area (Å²) in [6.45, 7) is -0.0179. The Morgan fingerprint density at radius 1 is 1.25 bits per heavy atom. The average molecular weight is 314 g/mol. The Morgan fingerprint density at radius 2 is 1.90 bits per heavy atom. The minimum atomic E-state index is -0.0788. The van der Waals surface area contributed by atoms with Crippen LogP contribution in [0.3, 0.4) is 0 Å². The van der Waals surface area contributed by atoms with E-state index in [4.69, 9.17) is 27.9 Å². The smallest absolute Gasteiger partial charge is 0.258 e. The zero-order valence-corrected chi connectivity index (χ0v) is 12.6. The molecule has 2 saturated carbocycles. The monoisotopic (exact) mass is 313 g/mol. The molecule has 3 rings (SSSR count). The van der Waals surface area contributed by atoms with Crippen molar-refractivity contribution >= 4 is 29.1 Å². The Morgan fingerprint density at radius 3 is 2.50 bits per heavy atom. The molecule has 1 amide bonds. The van der Waals surface area contributed by atoms with Gasteiger partial charge in [-0.15, -0.1) is 0 Å². The summed E-state index contributed by atoms with van der Waals surface area (Å²) in [5, 5.41) is 4.11. The molecule has 2 aliphatic carbocycles. The second kappa shape index (κ2) is 5.82. The van der Waals surface area contributed by atoms with Gasteiger partial charge in [0.2, 0.25) is 0 Å². The third kappa shape index (κ3) is 3.58. The second-order valence-electron chi connectivity index (χ2n) is 5.63. The van der Waals surface area contributed by atoms with Crippen molar-refractivity contribution in [2.75, 3.05) is 6.61 Å². The molecule has 1 N–H and O–H groups in total. The van der Waals surface area contributed by atoms with Gasteiger partial charge in [-0.3, -0.25) is 4.79 Å². The zero-order chi connectivity index (χ0) is 14.1. The van der Waals surface area contributed by atoms with Crippen LogP contribution in [0.1, 0.15) is 25.7 Å². The maximum absolute atomic E-state index is 12.0. The Bertz CT molecular complexity index is 501. The van der Waals surface area contributed by atoms with Gasteiger partial charge in [-0.1, -0.05) is 23.2 Å². The van der Waals surface area contributed by atoms with Gasteiger partial charge in [0, 0.05) is 17.1 Å². The summed E-state index contributed by atoms with van der Waals surface area (Å²) in [5.74, 6) is 1.73. The van der Waals surface area contributed by atoms with E-state index in [1.165, 1.54) is 25.7 Å². The number of amides is 1. The standard InChI is InChI=1S/C15H17Cl2NO2/c16-11-5-6-12(17)13(7-11)20-8-14(19)18-15(9-1-2-9)10-3-4-10/h5-7,9-10,15H,1-4,8H2,(H,18,19). The normalized spacial score (nSPS) is 18.1. The fraction of sp³-hybridized carbons (Fsp3) is 0.533. The van der Waals surface area contributed by atoms with Crippen molar-refractivity contribution in [1.29, 1.82) is 0 Å². The van der Waals surface area contributed by atoms with Crippen LogP contribution < -0.4 is 10.1 Å². The van der Waals surface area contributed by atoms with Crippen LogP contribution in [0.5, 0.6) is 5.75 Å². The average Bonchev–Trinajstić information content (AvgIpc) is 3.28. The number of hydrogen-bond acceptors (Lipinski definition) is 2. The predicted molar refractivity (Wildman–Crippen MR) is 79.3 cm³/mol. The molecule has 0 aliphatic heterocycles. The van der Waals surface area contributed by atoms with Gasteiger partial charge in [0.05, 0.1) is 5.02 Å². The molecular weight excluding hydrogens is 297 g/mol. The summed E-state index contributed by atoms with van der Waals surface area (Å²) in [6.07, 6.45) is 4.95. The first-order valence-electron chi connectivity index (χ1n) is 7.00. The molecule has 2 aliphatic rings. The van der Waals surface area contributed by atoms with Crippen molar-refractivity contribution in [3.8, 4) is 5.75 Å². The lowest BCUT2D eigenvalue weighted by atomic mass is 10.1. The van der Waals surface area contributed by atoms with E-state index in [-0.39, 0.29) is 12.5 Å². The number of ether oxygens (including phenoxy) is 1. The Balaban J connectivity index is 1.52. The zero-order valence-electron chi connectivity index (χ0n) is 11.1. The molecule has 3 nitrogen and oxygen atoms in total. The first kappa shape index (κ1) is 14.0. The summed E-state index contributed by atoms with van der Waals surface area (Å²) in [6, 6.07) is 5.32. The molecule has 108 valence electrons. The van der Waals surface area contributed by atoms with Crippen LogP contribution in [-0.4, -0.2) is 18.6 Å². The number of carbonyl (C=O) groups excluding carboxylic acids is 1. The molecule has 5 heteroatoms. The molecule has 0 unspecified atom stereocenters. The lowest BCUT2D eigenvalue weighted by Gasteiger charge is -2.18. The molecule has 0 heterocycles. The van der Waals surface area contributed by atoms with E-state index in [0.717, 1.165) is 0 Å². The molecule has 1 aromatic rings. The van der Waals surface area contributed by atoms with Crippen molar-refractivity contribution < 1.29 is 9.53 Å². The van der Waals surface area contributed by atoms with Crippen molar-refractivity contribution in [1.82, 2.24) is 5.32 Å². The summed E-state index contributed by atoms with van der Waals surface area (Å²) in [5.41, 5.74) is 0. The van der Waals surface area contributed by atoms with Gasteiger partial charge in [-0.05, 0) is 49.7 Å². The van der Waals surface area contributed by atoms with Gasteiger partial charge in [0.15, 0.2) is 6.61 Å². The minimum absolute atomic E-state index is 0.0179. The SMILES string of the molecule is O=C(COc1cc(Cl)ccc1Cl)NC(C1CC1)C1CC1. The summed E-state index contributed by atoms with van der Waals surface area (Å²) in [4.78, 5) is 12.0. The van der Waals surface area contributed by atoms with Crippen molar-refractivity contribution in [3.63, 3.8) is 0 Å². The van der Waals surface area contributed by atoms with Crippen LogP contribution >= 0.6 is 23.2 Å². The van der Waals surface area contributed by atoms with E-state index in [1.54, 1.807) is 18.2 Å². The molecule has 2 fully saturated rings. The number of halogens is 2. The van der Waals surface area contributed by atoms with Gasteiger partial charge in [-0.2, -0.15) is 0 Å². The molecule has 0 atom stereocenters. The molecule has 0 saturated heterocycles. The number of rotatable bonds is 6. The van der Waals surface area contributed by atoms with E-state index in [1.807, 2.05) is 0 Å². The van der Waals surface area contributed by atoms with Gasteiger partial charge < -0.3 is 10.1 Å². The van der Waals surface area contributed by atoms with Crippen LogP contribution in [-0.2, 0) is 4.79 Å². The largest absolute Gasteiger partial charge is 0.482 e. The van der Waals surface area contributed by atoms with E-state index >= 15 is 0 Å². The van der Waals surface area contributed by atoms with Crippen molar-refractivity contribution in [2.45, 2.75) is 31.7 Å². The van der Waals surface area contributed by atoms with Crippen LogP contribution in [0, 0.1) is 11.8 Å². The van der Waals surface area contributed by atoms with Gasteiger partial charge in [-0.25, -0.2) is 0 Å². The summed E-state index contributed by atoms with van der Waals surface area (Å²) in [7, 11) is 0. The third-order valence-corrected chi connectivity index (χ3v) is 4.39. The maximum Gasteiger partial charge on any atom is 0.258 e. The Kier molecular flexibility index (Phi) is 4.08. The van der Waals surface area contributed by atoms with E-state index in [0.29, 0.717) is 33.7 Å². The third-order valence-electron chi connectivity index (χ3n) is 3.84. The van der Waals surface area contributed by atoms with E-state index in [2.05, 4.69) is 5.32 Å². The summed E-state index contributed by atoms with van der Waals surface area (Å²) >= 11 is 11.9. The number of hydrogen-bond donors (Lipinski definition) is 1. The Hall–Kier alpha value is -0.930. The molecule has 0 aromatic heterocycles. The van der Waals surface area contributed by atoms with Gasteiger partial charge >= 0.3 is 0 Å². The Labute approximate surface area is 128 Å². The van der Waals surface area contributed by atoms with E-state index < -0.39 is 0 Å². The predicted octanol–water partition coefficient (Wildman–Crippen LogP) is 3.68. The molecule has 1 aromatic carbocycles. The van der Waals surface area contributed by atoms with E-state index in [9.17, 15) is 4.79 Å². The minimum Gasteiger partial charge on any atom is -0.482 e. The van der Waals surface area contributed by atoms with Crippen molar-refractivity contribution in [2.24, 2.45) is 11.8 Å². The van der Waals surface area contributed by atoms with Crippen LogP contribution in [0.25, 0.3) is 0 Å². The fourth-order valence-electron chi connectivity index (χ4n) is 2.49.